The van der Waals surface area contributed by atoms with E-state index in [1.165, 1.54) is 11.9 Å². The van der Waals surface area contributed by atoms with Gasteiger partial charge in [-0.2, -0.15) is 10.2 Å². The molecule has 33 heavy (non-hydrogen) atoms. The molecule has 0 bridgehead atoms. The van der Waals surface area contributed by atoms with E-state index in [4.69, 9.17) is 0 Å². The summed E-state index contributed by atoms with van der Waals surface area (Å²) in [6.07, 6.45) is 6.83. The summed E-state index contributed by atoms with van der Waals surface area (Å²) >= 11 is 0. The van der Waals surface area contributed by atoms with Gasteiger partial charge in [-0.25, -0.2) is 9.67 Å². The zero-order valence-corrected chi connectivity index (χ0v) is 17.9. The Morgan fingerprint density at radius 2 is 1.70 bits per heavy atom. The summed E-state index contributed by atoms with van der Waals surface area (Å²) in [5.74, 6) is -0.121. The largest absolute Gasteiger partial charge is 0.348 e. The van der Waals surface area contributed by atoms with Gasteiger partial charge in [-0.15, -0.1) is 0 Å². The van der Waals surface area contributed by atoms with Crippen molar-refractivity contribution in [3.63, 3.8) is 0 Å². The van der Waals surface area contributed by atoms with Crippen molar-refractivity contribution in [2.75, 3.05) is 0 Å². The number of hydrogen-bond acceptors (Lipinski definition) is 4. The molecule has 0 unspecified atom stereocenters. The fourth-order valence-electron chi connectivity index (χ4n) is 3.71. The topological polar surface area (TPSA) is 77.6 Å². The summed E-state index contributed by atoms with van der Waals surface area (Å²) in [6, 6.07) is 25.8. The molecule has 0 radical (unpaired) electrons. The first-order valence-corrected chi connectivity index (χ1v) is 10.6. The molecule has 0 atom stereocenters. The number of rotatable bonds is 7. The second kappa shape index (κ2) is 9.32. The minimum absolute atomic E-state index is 0.121. The molecule has 1 N–H and O–H groups in total. The van der Waals surface area contributed by atoms with Crippen LogP contribution in [0.25, 0.3) is 16.8 Å². The molecular weight excluding hydrogens is 412 g/mol. The van der Waals surface area contributed by atoms with E-state index in [2.05, 4.69) is 50.8 Å². The van der Waals surface area contributed by atoms with E-state index in [1.807, 2.05) is 47.3 Å². The summed E-state index contributed by atoms with van der Waals surface area (Å²) in [6.45, 7) is 1.18. The van der Waals surface area contributed by atoms with E-state index < -0.39 is 0 Å². The van der Waals surface area contributed by atoms with Crippen molar-refractivity contribution < 1.29 is 4.79 Å². The van der Waals surface area contributed by atoms with E-state index in [0.717, 1.165) is 28.9 Å². The van der Waals surface area contributed by atoms with Gasteiger partial charge < -0.3 is 5.32 Å². The summed E-state index contributed by atoms with van der Waals surface area (Å²) in [5.41, 5.74) is 5.91. The van der Waals surface area contributed by atoms with Crippen LogP contribution in [0.3, 0.4) is 0 Å². The lowest BCUT2D eigenvalue weighted by atomic mass is 9.98. The smallest absolute Gasteiger partial charge is 0.251 e. The molecule has 7 heteroatoms. The number of benzene rings is 3. The van der Waals surface area contributed by atoms with Gasteiger partial charge in [0.1, 0.15) is 12.7 Å². The van der Waals surface area contributed by atoms with E-state index in [0.29, 0.717) is 12.1 Å². The van der Waals surface area contributed by atoms with Crippen LogP contribution in [0.2, 0.25) is 0 Å². The molecule has 3 aromatic carbocycles. The fraction of sp³-hybridized carbons (Fsp3) is 0.0769. The predicted octanol–water partition coefficient (Wildman–Crippen LogP) is 4.11. The number of carbonyl (C=O) groups excluding carboxylic acids is 1. The third-order valence-electron chi connectivity index (χ3n) is 5.44. The Morgan fingerprint density at radius 1 is 0.879 bits per heavy atom. The van der Waals surface area contributed by atoms with Gasteiger partial charge in [0.2, 0.25) is 0 Å². The first-order valence-electron chi connectivity index (χ1n) is 10.6. The van der Waals surface area contributed by atoms with Crippen molar-refractivity contribution in [3.05, 3.63) is 121 Å². The van der Waals surface area contributed by atoms with Crippen molar-refractivity contribution in [3.8, 4) is 16.8 Å². The van der Waals surface area contributed by atoms with Gasteiger partial charge in [0.25, 0.3) is 5.91 Å². The van der Waals surface area contributed by atoms with Crippen LogP contribution in [-0.4, -0.2) is 30.5 Å². The molecule has 0 fully saturated rings. The number of aromatic nitrogens is 5. The van der Waals surface area contributed by atoms with Crippen LogP contribution >= 0.6 is 0 Å². The molecule has 2 heterocycles. The molecule has 0 saturated carbocycles. The first-order chi connectivity index (χ1) is 16.3. The molecular formula is C26H22N6O. The van der Waals surface area contributed by atoms with Gasteiger partial charge in [0, 0.05) is 24.5 Å². The Labute approximate surface area is 191 Å². The zero-order valence-electron chi connectivity index (χ0n) is 17.9. The third kappa shape index (κ3) is 4.72. The molecule has 0 aliphatic carbocycles. The molecule has 0 aliphatic rings. The highest BCUT2D eigenvalue weighted by atomic mass is 16.1. The van der Waals surface area contributed by atoms with Crippen LogP contribution in [0.1, 0.15) is 21.5 Å². The van der Waals surface area contributed by atoms with E-state index >= 15 is 0 Å². The first kappa shape index (κ1) is 20.4. The quantitative estimate of drug-likeness (QED) is 0.418. The van der Waals surface area contributed by atoms with E-state index in [1.54, 1.807) is 29.3 Å². The van der Waals surface area contributed by atoms with Crippen molar-refractivity contribution in [1.29, 1.82) is 0 Å². The summed E-state index contributed by atoms with van der Waals surface area (Å²) in [4.78, 5) is 16.6. The van der Waals surface area contributed by atoms with Crippen LogP contribution in [-0.2, 0) is 13.1 Å². The third-order valence-corrected chi connectivity index (χ3v) is 5.44. The number of nitrogens with one attached hydrogen (secondary N) is 1. The predicted molar refractivity (Wildman–Crippen MR) is 126 cm³/mol. The van der Waals surface area contributed by atoms with Crippen LogP contribution in [0.15, 0.2) is 104 Å². The average Bonchev–Trinajstić information content (AvgIpc) is 3.58. The maximum atomic E-state index is 12.7. The minimum atomic E-state index is -0.121. The van der Waals surface area contributed by atoms with Gasteiger partial charge in [-0.3, -0.25) is 9.48 Å². The van der Waals surface area contributed by atoms with Gasteiger partial charge >= 0.3 is 0 Å². The highest BCUT2D eigenvalue weighted by Crippen LogP contribution is 2.24. The Hall–Kier alpha value is -4.52. The van der Waals surface area contributed by atoms with E-state index in [9.17, 15) is 4.79 Å². The standard InChI is InChI=1S/C26H22N6O/c33-26(22-10-12-24(13-11-22)32-19-27-18-30-32)28-16-23-4-1-2-5-25(23)21-8-6-20(7-9-21)17-31-15-3-14-29-31/h1-15,18-19H,16-17H2,(H,28,33). The Kier molecular flexibility index (Phi) is 5.75. The molecule has 0 spiro atoms. The molecule has 5 rings (SSSR count). The minimum Gasteiger partial charge on any atom is -0.348 e. The lowest BCUT2D eigenvalue weighted by Gasteiger charge is -2.12. The summed E-state index contributed by atoms with van der Waals surface area (Å²) < 4.78 is 3.55. The van der Waals surface area contributed by atoms with Crippen LogP contribution in [0, 0.1) is 0 Å². The highest BCUT2D eigenvalue weighted by Gasteiger charge is 2.09. The van der Waals surface area contributed by atoms with Crippen LogP contribution in [0.4, 0.5) is 0 Å². The Bertz CT molecular complexity index is 1320. The Morgan fingerprint density at radius 3 is 2.42 bits per heavy atom. The molecule has 2 aromatic heterocycles. The molecule has 162 valence electrons. The zero-order chi connectivity index (χ0) is 22.5. The molecule has 1 amide bonds. The van der Waals surface area contributed by atoms with Gasteiger partial charge in [-0.1, -0.05) is 48.5 Å². The monoisotopic (exact) mass is 434 g/mol. The highest BCUT2D eigenvalue weighted by molar-refractivity contribution is 5.94. The van der Waals surface area contributed by atoms with Gasteiger partial charge in [0.05, 0.1) is 12.2 Å². The average molecular weight is 435 g/mol. The molecule has 0 aliphatic heterocycles. The van der Waals surface area contributed by atoms with Gasteiger partial charge in [0.15, 0.2) is 0 Å². The SMILES string of the molecule is O=C(NCc1ccccc1-c1ccc(Cn2cccn2)cc1)c1ccc(-n2cncn2)cc1. The number of amides is 1. The van der Waals surface area contributed by atoms with Crippen molar-refractivity contribution in [2.24, 2.45) is 0 Å². The van der Waals surface area contributed by atoms with Crippen molar-refractivity contribution >= 4 is 5.91 Å². The molecule has 7 nitrogen and oxygen atoms in total. The Balaban J connectivity index is 1.27. The van der Waals surface area contributed by atoms with Crippen molar-refractivity contribution in [1.82, 2.24) is 29.9 Å². The maximum Gasteiger partial charge on any atom is 0.251 e. The lowest BCUT2D eigenvalue weighted by Crippen LogP contribution is -2.23. The fourth-order valence-corrected chi connectivity index (χ4v) is 3.71. The number of nitrogens with zero attached hydrogens (tertiary/aromatic N) is 5. The van der Waals surface area contributed by atoms with Crippen molar-refractivity contribution in [2.45, 2.75) is 13.1 Å². The van der Waals surface area contributed by atoms with Crippen LogP contribution in [0.5, 0.6) is 0 Å². The second-order valence-electron chi connectivity index (χ2n) is 7.63. The maximum absolute atomic E-state index is 12.7. The summed E-state index contributed by atoms with van der Waals surface area (Å²) in [5, 5.41) is 11.4. The van der Waals surface area contributed by atoms with Gasteiger partial charge in [-0.05, 0) is 52.6 Å². The van der Waals surface area contributed by atoms with E-state index in [-0.39, 0.29) is 5.91 Å². The summed E-state index contributed by atoms with van der Waals surface area (Å²) in [7, 11) is 0. The number of carbonyl (C=O) groups is 1. The molecule has 0 saturated heterocycles. The molecule has 5 aromatic rings. The number of hydrogen-bond donors (Lipinski definition) is 1. The lowest BCUT2D eigenvalue weighted by molar-refractivity contribution is 0.0951. The normalized spacial score (nSPS) is 10.8. The second-order valence-corrected chi connectivity index (χ2v) is 7.63. The van der Waals surface area contributed by atoms with Crippen LogP contribution < -0.4 is 5.32 Å².